The molecule has 5 nitrogen and oxygen atoms in total. The molecule has 1 amide bonds. The third kappa shape index (κ3) is 2.90. The van der Waals surface area contributed by atoms with Crippen LogP contribution in [-0.2, 0) is 9.53 Å². The van der Waals surface area contributed by atoms with Gasteiger partial charge in [-0.15, -0.1) is 0 Å². The summed E-state index contributed by atoms with van der Waals surface area (Å²) in [7, 11) is 0. The van der Waals surface area contributed by atoms with Crippen LogP contribution in [0.15, 0.2) is 0 Å². The highest BCUT2D eigenvalue weighted by Crippen LogP contribution is 2.25. The highest BCUT2D eigenvalue weighted by molar-refractivity contribution is 5.71. The third-order valence-corrected chi connectivity index (χ3v) is 2.38. The normalized spacial score (nSPS) is 25.8. The molecule has 1 rings (SSSR count). The number of carbonyl (C=O) groups is 2. The van der Waals surface area contributed by atoms with Crippen molar-refractivity contribution in [2.75, 3.05) is 6.61 Å². The Labute approximate surface area is 82.4 Å². The summed E-state index contributed by atoms with van der Waals surface area (Å²) in [5, 5.41) is 11.4. The number of hydrogen-bond donors (Lipinski definition) is 2. The zero-order valence-corrected chi connectivity index (χ0v) is 8.16. The zero-order valence-electron chi connectivity index (χ0n) is 8.16. The van der Waals surface area contributed by atoms with Gasteiger partial charge in [-0.05, 0) is 26.2 Å². The number of alkyl carbamates (subject to hydrolysis) is 1. The summed E-state index contributed by atoms with van der Waals surface area (Å²) in [5.41, 5.74) is 0. The van der Waals surface area contributed by atoms with Crippen molar-refractivity contribution in [3.63, 3.8) is 0 Å². The van der Waals surface area contributed by atoms with Gasteiger partial charge in [-0.1, -0.05) is 0 Å². The summed E-state index contributed by atoms with van der Waals surface area (Å²) in [5.74, 6) is -1.10. The predicted molar refractivity (Wildman–Crippen MR) is 48.9 cm³/mol. The van der Waals surface area contributed by atoms with Crippen molar-refractivity contribution in [1.29, 1.82) is 0 Å². The quantitative estimate of drug-likeness (QED) is 0.713. The molecule has 0 aromatic heterocycles. The smallest absolute Gasteiger partial charge is 0.407 e. The molecule has 14 heavy (non-hydrogen) atoms. The zero-order chi connectivity index (χ0) is 10.6. The number of carboxylic acid groups (broad SMARTS) is 1. The van der Waals surface area contributed by atoms with Gasteiger partial charge in [0.2, 0.25) is 0 Å². The van der Waals surface area contributed by atoms with E-state index in [9.17, 15) is 9.59 Å². The lowest BCUT2D eigenvalue weighted by molar-refractivity contribution is -0.141. The second kappa shape index (κ2) is 4.83. The Bertz CT molecular complexity index is 229. The van der Waals surface area contributed by atoms with Crippen LogP contribution in [0.3, 0.4) is 0 Å². The lowest BCUT2D eigenvalue weighted by Gasteiger charge is -2.11. The van der Waals surface area contributed by atoms with Gasteiger partial charge in [0.1, 0.15) is 0 Å². The van der Waals surface area contributed by atoms with E-state index in [2.05, 4.69) is 5.32 Å². The summed E-state index contributed by atoms with van der Waals surface area (Å²) in [4.78, 5) is 21.6. The molecule has 0 aliphatic heterocycles. The van der Waals surface area contributed by atoms with Crippen molar-refractivity contribution >= 4 is 12.1 Å². The Morgan fingerprint density at radius 3 is 2.71 bits per heavy atom. The average molecular weight is 201 g/mol. The van der Waals surface area contributed by atoms with Crippen molar-refractivity contribution in [3.8, 4) is 0 Å². The topological polar surface area (TPSA) is 75.6 Å². The van der Waals surface area contributed by atoms with E-state index in [1.54, 1.807) is 6.92 Å². The molecule has 1 fully saturated rings. The summed E-state index contributed by atoms with van der Waals surface area (Å²) < 4.78 is 4.70. The maximum Gasteiger partial charge on any atom is 0.407 e. The number of nitrogens with one attached hydrogen (secondary N) is 1. The van der Waals surface area contributed by atoms with Gasteiger partial charge in [-0.3, -0.25) is 4.79 Å². The molecule has 0 radical (unpaired) electrons. The van der Waals surface area contributed by atoms with Gasteiger partial charge in [0, 0.05) is 6.04 Å². The number of hydrogen-bond acceptors (Lipinski definition) is 3. The van der Waals surface area contributed by atoms with E-state index in [-0.39, 0.29) is 12.0 Å². The number of ether oxygens (including phenoxy) is 1. The van der Waals surface area contributed by atoms with Crippen LogP contribution in [0.25, 0.3) is 0 Å². The lowest BCUT2D eigenvalue weighted by atomic mass is 10.1. The molecule has 0 aromatic rings. The van der Waals surface area contributed by atoms with Crippen molar-refractivity contribution in [1.82, 2.24) is 5.32 Å². The maximum atomic E-state index is 11.0. The molecule has 0 aromatic carbocycles. The average Bonchev–Trinajstić information content (AvgIpc) is 2.53. The second-order valence-corrected chi connectivity index (χ2v) is 3.41. The van der Waals surface area contributed by atoms with Gasteiger partial charge in [0.15, 0.2) is 0 Å². The van der Waals surface area contributed by atoms with Crippen LogP contribution in [0.5, 0.6) is 0 Å². The van der Waals surface area contributed by atoms with Crippen LogP contribution < -0.4 is 5.32 Å². The fourth-order valence-corrected chi connectivity index (χ4v) is 1.68. The fraction of sp³-hybridized carbons (Fsp3) is 0.778. The largest absolute Gasteiger partial charge is 0.481 e. The number of rotatable bonds is 3. The van der Waals surface area contributed by atoms with Crippen LogP contribution in [0, 0.1) is 5.92 Å². The Balaban J connectivity index is 2.28. The lowest BCUT2D eigenvalue weighted by Crippen LogP contribution is -2.33. The molecule has 1 aliphatic rings. The molecule has 0 heterocycles. The van der Waals surface area contributed by atoms with Crippen molar-refractivity contribution in [3.05, 3.63) is 0 Å². The Morgan fingerprint density at radius 1 is 1.50 bits per heavy atom. The Hall–Kier alpha value is -1.26. The molecule has 0 bridgehead atoms. The second-order valence-electron chi connectivity index (χ2n) is 3.41. The molecular weight excluding hydrogens is 186 g/mol. The fourth-order valence-electron chi connectivity index (χ4n) is 1.68. The first-order chi connectivity index (χ1) is 6.63. The number of amides is 1. The monoisotopic (exact) mass is 201 g/mol. The summed E-state index contributed by atoms with van der Waals surface area (Å²) in [6.45, 7) is 2.06. The molecule has 1 saturated carbocycles. The third-order valence-electron chi connectivity index (χ3n) is 2.38. The van der Waals surface area contributed by atoms with E-state index >= 15 is 0 Å². The van der Waals surface area contributed by atoms with Gasteiger partial charge in [0.05, 0.1) is 12.5 Å². The van der Waals surface area contributed by atoms with Crippen LogP contribution in [0.1, 0.15) is 26.2 Å². The number of aliphatic carboxylic acids is 1. The predicted octanol–water partition coefficient (Wildman–Crippen LogP) is 0.986. The first kappa shape index (κ1) is 10.8. The highest BCUT2D eigenvalue weighted by atomic mass is 16.5. The standard InChI is InChI=1S/C9H15NO4/c1-2-14-9(13)10-7-4-3-6(5-7)8(11)12/h6-7H,2-5H2,1H3,(H,10,13)(H,11,12). The van der Waals surface area contributed by atoms with Gasteiger partial charge < -0.3 is 15.2 Å². The molecule has 1 aliphatic carbocycles. The van der Waals surface area contributed by atoms with Gasteiger partial charge in [0.25, 0.3) is 0 Å². The first-order valence-electron chi connectivity index (χ1n) is 4.79. The Kier molecular flexibility index (Phi) is 3.73. The van der Waals surface area contributed by atoms with E-state index in [0.717, 1.165) is 6.42 Å². The summed E-state index contributed by atoms with van der Waals surface area (Å²) in [6.07, 6.45) is 1.40. The van der Waals surface area contributed by atoms with Gasteiger partial charge in [-0.25, -0.2) is 4.79 Å². The minimum Gasteiger partial charge on any atom is -0.481 e. The summed E-state index contributed by atoms with van der Waals surface area (Å²) >= 11 is 0. The first-order valence-corrected chi connectivity index (χ1v) is 4.79. The number of carboxylic acids is 1. The Morgan fingerprint density at radius 2 is 2.21 bits per heavy atom. The SMILES string of the molecule is CCOC(=O)NC1CCC(C(=O)O)C1. The van der Waals surface area contributed by atoms with Crippen LogP contribution in [0.2, 0.25) is 0 Å². The number of carbonyl (C=O) groups excluding carboxylic acids is 1. The van der Waals surface area contributed by atoms with Crippen molar-refractivity contribution in [2.24, 2.45) is 5.92 Å². The van der Waals surface area contributed by atoms with E-state index in [1.165, 1.54) is 0 Å². The molecule has 0 saturated heterocycles. The molecule has 2 N–H and O–H groups in total. The minimum absolute atomic E-state index is 0.0462. The van der Waals surface area contributed by atoms with Crippen molar-refractivity contribution < 1.29 is 19.4 Å². The molecular formula is C9H15NO4. The summed E-state index contributed by atoms with van der Waals surface area (Å²) in [6, 6.07) is -0.0462. The minimum atomic E-state index is -0.779. The highest BCUT2D eigenvalue weighted by Gasteiger charge is 2.30. The van der Waals surface area contributed by atoms with E-state index in [4.69, 9.17) is 9.84 Å². The molecule has 2 unspecified atom stereocenters. The van der Waals surface area contributed by atoms with E-state index < -0.39 is 12.1 Å². The van der Waals surface area contributed by atoms with Gasteiger partial charge in [-0.2, -0.15) is 0 Å². The molecule has 5 heteroatoms. The van der Waals surface area contributed by atoms with Crippen molar-refractivity contribution in [2.45, 2.75) is 32.2 Å². The molecule has 80 valence electrons. The molecule has 2 atom stereocenters. The van der Waals surface area contributed by atoms with E-state index in [0.29, 0.717) is 19.4 Å². The molecule has 0 spiro atoms. The van der Waals surface area contributed by atoms with Crippen LogP contribution in [0.4, 0.5) is 4.79 Å². The van der Waals surface area contributed by atoms with Gasteiger partial charge >= 0.3 is 12.1 Å². The van der Waals surface area contributed by atoms with Crippen LogP contribution in [-0.4, -0.2) is 29.8 Å². The maximum absolute atomic E-state index is 11.0. The van der Waals surface area contributed by atoms with Crippen LogP contribution >= 0.6 is 0 Å². The van der Waals surface area contributed by atoms with E-state index in [1.807, 2.05) is 0 Å².